The van der Waals surface area contributed by atoms with Crippen LogP contribution in [0.5, 0.6) is 5.75 Å². The second-order valence-corrected chi connectivity index (χ2v) is 7.42. The summed E-state index contributed by atoms with van der Waals surface area (Å²) in [5.74, 6) is -0.636. The van der Waals surface area contributed by atoms with E-state index >= 15 is 0 Å². The van der Waals surface area contributed by atoms with Gasteiger partial charge in [0, 0.05) is 24.1 Å². The van der Waals surface area contributed by atoms with E-state index in [1.54, 1.807) is 0 Å². The first-order valence-electron chi connectivity index (χ1n) is 5.61. The average Bonchev–Trinajstić information content (AvgIpc) is 2.28. The first-order chi connectivity index (χ1) is 8.55. The van der Waals surface area contributed by atoms with Crippen molar-refractivity contribution in [1.29, 1.82) is 0 Å². The second-order valence-electron chi connectivity index (χ2n) is 4.85. The van der Waals surface area contributed by atoms with Crippen LogP contribution in [0.15, 0.2) is 18.2 Å². The number of anilines is 1. The van der Waals surface area contributed by atoms with Crippen molar-refractivity contribution in [1.82, 2.24) is 5.32 Å². The number of sulfone groups is 1. The molecule has 0 aliphatic heterocycles. The molecule has 0 spiro atoms. The zero-order valence-electron chi connectivity index (χ0n) is 11.1. The second kappa shape index (κ2) is 5.08. The Hall–Kier alpha value is -1.76. The molecule has 1 aromatic rings. The molecule has 1 aromatic carbocycles. The van der Waals surface area contributed by atoms with Gasteiger partial charge in [0.1, 0.15) is 10.5 Å². The zero-order chi connectivity index (χ0) is 14.8. The topological polar surface area (TPSA) is 109 Å². The summed E-state index contributed by atoms with van der Waals surface area (Å²) >= 11 is 0. The molecule has 1 amide bonds. The fourth-order valence-electron chi connectivity index (χ4n) is 1.30. The van der Waals surface area contributed by atoms with E-state index in [9.17, 15) is 18.3 Å². The highest BCUT2D eigenvalue weighted by Crippen LogP contribution is 2.20. The third-order valence-electron chi connectivity index (χ3n) is 3.02. The number of aromatic hydroxyl groups is 1. The lowest BCUT2D eigenvalue weighted by Gasteiger charge is -2.21. The number of nitrogen functional groups attached to an aromatic ring is 1. The Labute approximate surface area is 112 Å². The van der Waals surface area contributed by atoms with Crippen molar-refractivity contribution in [3.63, 3.8) is 0 Å². The van der Waals surface area contributed by atoms with Crippen LogP contribution >= 0.6 is 0 Å². The van der Waals surface area contributed by atoms with Gasteiger partial charge in [0.15, 0.2) is 9.84 Å². The standard InChI is InChI=1S/C12H18N2O4S/c1-12(2,19(3,17)18)11(16)14-7-8-6-9(13)4-5-10(8)15/h4-6,15H,7,13H2,1-3H3,(H,14,16). The Morgan fingerprint density at radius 2 is 2.00 bits per heavy atom. The maximum absolute atomic E-state index is 11.9. The maximum Gasteiger partial charge on any atom is 0.241 e. The molecule has 0 saturated heterocycles. The minimum atomic E-state index is -3.52. The fourth-order valence-corrected chi connectivity index (χ4v) is 1.71. The Bertz CT molecular complexity index is 594. The number of benzene rings is 1. The Morgan fingerprint density at radius 3 is 2.53 bits per heavy atom. The van der Waals surface area contributed by atoms with Gasteiger partial charge in [-0.3, -0.25) is 4.79 Å². The van der Waals surface area contributed by atoms with Gasteiger partial charge in [0.25, 0.3) is 0 Å². The zero-order valence-corrected chi connectivity index (χ0v) is 11.9. The molecule has 0 aliphatic carbocycles. The predicted molar refractivity (Wildman–Crippen MR) is 73.3 cm³/mol. The quantitative estimate of drug-likeness (QED) is 0.548. The van der Waals surface area contributed by atoms with Gasteiger partial charge in [-0.2, -0.15) is 0 Å². The van der Waals surface area contributed by atoms with Gasteiger partial charge in [-0.1, -0.05) is 0 Å². The van der Waals surface area contributed by atoms with Gasteiger partial charge in [-0.15, -0.1) is 0 Å². The van der Waals surface area contributed by atoms with Crippen LogP contribution in [-0.2, 0) is 21.2 Å². The molecular formula is C12H18N2O4S. The molecule has 106 valence electrons. The molecular weight excluding hydrogens is 268 g/mol. The van der Waals surface area contributed by atoms with Crippen molar-refractivity contribution in [3.05, 3.63) is 23.8 Å². The Balaban J connectivity index is 2.83. The molecule has 0 saturated carbocycles. The molecule has 0 bridgehead atoms. The number of hydrogen-bond acceptors (Lipinski definition) is 5. The minimum Gasteiger partial charge on any atom is -0.508 e. The van der Waals surface area contributed by atoms with Gasteiger partial charge in [0.2, 0.25) is 5.91 Å². The molecule has 4 N–H and O–H groups in total. The molecule has 0 atom stereocenters. The first kappa shape index (κ1) is 15.3. The number of carbonyl (C=O) groups excluding carboxylic acids is 1. The number of phenolic OH excluding ortho intramolecular Hbond substituents is 1. The molecule has 0 heterocycles. The molecule has 19 heavy (non-hydrogen) atoms. The van der Waals surface area contributed by atoms with Crippen molar-refractivity contribution < 1.29 is 18.3 Å². The summed E-state index contributed by atoms with van der Waals surface area (Å²) in [6.07, 6.45) is 1.00. The van der Waals surface area contributed by atoms with Crippen LogP contribution in [0.1, 0.15) is 19.4 Å². The Kier molecular flexibility index (Phi) is 4.09. The summed E-state index contributed by atoms with van der Waals surface area (Å²) in [6, 6.07) is 4.46. The van der Waals surface area contributed by atoms with E-state index in [2.05, 4.69) is 5.32 Å². The van der Waals surface area contributed by atoms with Crippen LogP contribution in [0.4, 0.5) is 5.69 Å². The van der Waals surface area contributed by atoms with Crippen molar-refractivity contribution in [2.45, 2.75) is 25.1 Å². The van der Waals surface area contributed by atoms with Crippen molar-refractivity contribution in [2.75, 3.05) is 12.0 Å². The van der Waals surface area contributed by atoms with Gasteiger partial charge in [-0.05, 0) is 32.0 Å². The fraction of sp³-hybridized carbons (Fsp3) is 0.417. The highest BCUT2D eigenvalue weighted by molar-refractivity contribution is 7.92. The average molecular weight is 286 g/mol. The molecule has 0 aliphatic rings. The SMILES string of the molecule is CC(C)(C(=O)NCc1cc(N)ccc1O)S(C)(=O)=O. The smallest absolute Gasteiger partial charge is 0.241 e. The van der Waals surface area contributed by atoms with Gasteiger partial charge in [0.05, 0.1) is 0 Å². The van der Waals surface area contributed by atoms with Crippen LogP contribution < -0.4 is 11.1 Å². The molecule has 0 radical (unpaired) electrons. The third-order valence-corrected chi connectivity index (χ3v) is 5.06. The number of carbonyl (C=O) groups is 1. The van der Waals surface area contributed by atoms with E-state index in [0.717, 1.165) is 6.26 Å². The van der Waals surface area contributed by atoms with Crippen molar-refractivity contribution in [2.24, 2.45) is 0 Å². The van der Waals surface area contributed by atoms with Crippen molar-refractivity contribution in [3.8, 4) is 5.75 Å². The maximum atomic E-state index is 11.9. The lowest BCUT2D eigenvalue weighted by Crippen LogP contribution is -2.47. The van der Waals surface area contributed by atoms with E-state index in [0.29, 0.717) is 11.3 Å². The summed E-state index contributed by atoms with van der Waals surface area (Å²) < 4.78 is 21.5. The third kappa shape index (κ3) is 3.37. The summed E-state index contributed by atoms with van der Waals surface area (Å²) in [5.41, 5.74) is 6.45. The van der Waals surface area contributed by atoms with E-state index in [-0.39, 0.29) is 12.3 Å². The molecule has 1 rings (SSSR count). The number of nitrogens with two attached hydrogens (primary N) is 1. The highest BCUT2D eigenvalue weighted by atomic mass is 32.2. The molecule has 0 fully saturated rings. The van der Waals surface area contributed by atoms with E-state index in [4.69, 9.17) is 5.73 Å². The van der Waals surface area contributed by atoms with Crippen LogP contribution in [0.2, 0.25) is 0 Å². The van der Waals surface area contributed by atoms with Crippen LogP contribution in [0.3, 0.4) is 0 Å². The summed E-state index contributed by atoms with van der Waals surface area (Å²) in [7, 11) is -3.52. The monoisotopic (exact) mass is 286 g/mol. The van der Waals surface area contributed by atoms with E-state index in [1.807, 2.05) is 0 Å². The number of amides is 1. The molecule has 7 heteroatoms. The van der Waals surface area contributed by atoms with Crippen LogP contribution in [-0.4, -0.2) is 30.4 Å². The molecule has 6 nitrogen and oxygen atoms in total. The normalized spacial score (nSPS) is 12.2. The lowest BCUT2D eigenvalue weighted by molar-refractivity contribution is -0.123. The molecule has 0 unspecified atom stereocenters. The Morgan fingerprint density at radius 1 is 1.42 bits per heavy atom. The predicted octanol–water partition coefficient (Wildman–Crippen LogP) is 0.414. The van der Waals surface area contributed by atoms with Gasteiger partial charge < -0.3 is 16.2 Å². The summed E-state index contributed by atoms with van der Waals surface area (Å²) in [5, 5.41) is 12.1. The van der Waals surface area contributed by atoms with Crippen molar-refractivity contribution >= 4 is 21.4 Å². The minimum absolute atomic E-state index is 0.00772. The molecule has 0 aromatic heterocycles. The number of rotatable bonds is 4. The number of phenols is 1. The summed E-state index contributed by atoms with van der Waals surface area (Å²) in [6.45, 7) is 2.67. The summed E-state index contributed by atoms with van der Waals surface area (Å²) in [4.78, 5) is 11.9. The largest absolute Gasteiger partial charge is 0.508 e. The van der Waals surface area contributed by atoms with Crippen LogP contribution in [0.25, 0.3) is 0 Å². The first-order valence-corrected chi connectivity index (χ1v) is 7.50. The number of hydrogen-bond donors (Lipinski definition) is 3. The van der Waals surface area contributed by atoms with E-state index in [1.165, 1.54) is 32.0 Å². The van der Waals surface area contributed by atoms with Gasteiger partial charge >= 0.3 is 0 Å². The number of nitrogens with one attached hydrogen (secondary N) is 1. The lowest BCUT2D eigenvalue weighted by atomic mass is 10.1. The van der Waals surface area contributed by atoms with E-state index < -0.39 is 20.5 Å². The van der Waals surface area contributed by atoms with Gasteiger partial charge in [-0.25, -0.2) is 8.42 Å². The van der Waals surface area contributed by atoms with Crippen LogP contribution in [0, 0.1) is 0 Å². The highest BCUT2D eigenvalue weighted by Gasteiger charge is 2.38.